The van der Waals surface area contributed by atoms with Gasteiger partial charge in [-0.15, -0.1) is 0 Å². The normalized spacial score (nSPS) is 25.2. The van der Waals surface area contributed by atoms with E-state index < -0.39 is 11.7 Å². The molecule has 5 heteroatoms. The van der Waals surface area contributed by atoms with Crippen molar-refractivity contribution in [3.63, 3.8) is 0 Å². The Morgan fingerprint density at radius 3 is 2.67 bits per heavy atom. The van der Waals surface area contributed by atoms with Crippen LogP contribution in [0.1, 0.15) is 43.4 Å². The Hall–Kier alpha value is -1.07. The number of nitrogens with one attached hydrogen (secondary N) is 1. The number of likely N-dealkylation sites (tertiary alicyclic amines) is 1. The highest BCUT2D eigenvalue weighted by Gasteiger charge is 2.35. The quantitative estimate of drug-likeness (QED) is 0.914. The van der Waals surface area contributed by atoms with E-state index in [1.165, 1.54) is 25.0 Å². The summed E-state index contributed by atoms with van der Waals surface area (Å²) < 4.78 is 38.3. The van der Waals surface area contributed by atoms with Gasteiger partial charge in [0, 0.05) is 31.2 Å². The van der Waals surface area contributed by atoms with Crippen molar-refractivity contribution in [3.05, 3.63) is 35.4 Å². The smallest absolute Gasteiger partial charge is 0.306 e. The lowest BCUT2D eigenvalue weighted by molar-refractivity contribution is -0.137. The van der Waals surface area contributed by atoms with Gasteiger partial charge < -0.3 is 5.32 Å². The maximum atomic E-state index is 12.8. The molecule has 0 spiro atoms. The molecule has 0 radical (unpaired) electrons. The predicted molar refractivity (Wildman–Crippen MR) is 76.0 cm³/mol. The average Bonchev–Trinajstić information content (AvgIpc) is 3.19. The lowest BCUT2D eigenvalue weighted by Crippen LogP contribution is -2.35. The second-order valence-corrected chi connectivity index (χ2v) is 6.22. The van der Waals surface area contributed by atoms with E-state index >= 15 is 0 Å². The van der Waals surface area contributed by atoms with E-state index in [2.05, 4.69) is 10.2 Å². The van der Waals surface area contributed by atoms with Crippen LogP contribution in [0.15, 0.2) is 24.3 Å². The van der Waals surface area contributed by atoms with Gasteiger partial charge in [0.2, 0.25) is 0 Å². The zero-order chi connectivity index (χ0) is 15.0. The Kier molecular flexibility index (Phi) is 3.97. The monoisotopic (exact) mass is 298 g/mol. The third-order valence-corrected chi connectivity index (χ3v) is 4.48. The van der Waals surface area contributed by atoms with Gasteiger partial charge in [0.15, 0.2) is 0 Å². The molecule has 1 aliphatic heterocycles. The van der Waals surface area contributed by atoms with Crippen LogP contribution < -0.4 is 5.32 Å². The Bertz CT molecular complexity index is 497. The molecule has 1 N–H and O–H groups in total. The van der Waals surface area contributed by atoms with Crippen molar-refractivity contribution in [2.75, 3.05) is 13.1 Å². The van der Waals surface area contributed by atoms with Crippen LogP contribution in [0.3, 0.4) is 0 Å². The summed E-state index contributed by atoms with van der Waals surface area (Å²) in [5.74, 6) is 0. The van der Waals surface area contributed by atoms with Crippen LogP contribution in [0.4, 0.5) is 13.2 Å². The molecule has 1 saturated heterocycles. The molecule has 2 unspecified atom stereocenters. The summed E-state index contributed by atoms with van der Waals surface area (Å²) in [6.07, 6.45) is -0.586. The second-order valence-electron chi connectivity index (χ2n) is 6.22. The molecule has 3 rings (SSSR count). The molecule has 2 atom stereocenters. The van der Waals surface area contributed by atoms with Gasteiger partial charge >= 0.3 is 6.18 Å². The molecule has 1 heterocycles. The molecule has 0 bridgehead atoms. The third-order valence-electron chi connectivity index (χ3n) is 4.48. The summed E-state index contributed by atoms with van der Waals surface area (Å²) in [5, 5.41) is 3.48. The molecule has 1 aromatic carbocycles. The summed E-state index contributed by atoms with van der Waals surface area (Å²) in [6.45, 7) is 4.07. The molecule has 21 heavy (non-hydrogen) atoms. The van der Waals surface area contributed by atoms with Crippen LogP contribution >= 0.6 is 0 Å². The molecule has 0 amide bonds. The van der Waals surface area contributed by atoms with Crippen LogP contribution in [0.25, 0.3) is 0 Å². The summed E-state index contributed by atoms with van der Waals surface area (Å²) in [7, 11) is 0. The average molecular weight is 298 g/mol. The zero-order valence-electron chi connectivity index (χ0n) is 12.2. The van der Waals surface area contributed by atoms with Gasteiger partial charge in [-0.3, -0.25) is 4.90 Å². The summed E-state index contributed by atoms with van der Waals surface area (Å²) in [4.78, 5) is 2.50. The standard InChI is InChI=1S/C16H21F3N2/c1-11(12-3-2-4-13(9-12)16(17,18)19)20-14-7-8-21(10-14)15-5-6-15/h2-4,9,11,14-15,20H,5-8,10H2,1H3. The van der Waals surface area contributed by atoms with E-state index in [0.29, 0.717) is 11.6 Å². The minimum atomic E-state index is -4.27. The highest BCUT2D eigenvalue weighted by atomic mass is 19.4. The van der Waals surface area contributed by atoms with Gasteiger partial charge in [-0.25, -0.2) is 0 Å². The molecule has 1 aliphatic carbocycles. The number of nitrogens with zero attached hydrogens (tertiary/aromatic N) is 1. The van der Waals surface area contributed by atoms with Crippen LogP contribution in [0, 0.1) is 0 Å². The van der Waals surface area contributed by atoms with Crippen LogP contribution in [0.2, 0.25) is 0 Å². The van der Waals surface area contributed by atoms with Gasteiger partial charge in [0.1, 0.15) is 0 Å². The van der Waals surface area contributed by atoms with Crippen LogP contribution in [-0.2, 0) is 6.18 Å². The molecule has 0 aromatic heterocycles. The van der Waals surface area contributed by atoms with Crippen molar-refractivity contribution in [2.24, 2.45) is 0 Å². The van der Waals surface area contributed by atoms with Gasteiger partial charge in [-0.05, 0) is 43.9 Å². The molecular weight excluding hydrogens is 277 g/mol. The number of hydrogen-bond acceptors (Lipinski definition) is 2. The fourth-order valence-electron chi connectivity index (χ4n) is 3.13. The Balaban J connectivity index is 1.61. The van der Waals surface area contributed by atoms with E-state index in [1.807, 2.05) is 6.92 Å². The highest BCUT2D eigenvalue weighted by molar-refractivity contribution is 5.27. The van der Waals surface area contributed by atoms with Crippen molar-refractivity contribution < 1.29 is 13.2 Å². The van der Waals surface area contributed by atoms with E-state index in [4.69, 9.17) is 0 Å². The van der Waals surface area contributed by atoms with E-state index in [0.717, 1.165) is 31.6 Å². The van der Waals surface area contributed by atoms with Crippen molar-refractivity contribution in [3.8, 4) is 0 Å². The largest absolute Gasteiger partial charge is 0.416 e. The first-order chi connectivity index (χ1) is 9.93. The molecule has 116 valence electrons. The summed E-state index contributed by atoms with van der Waals surface area (Å²) in [6, 6.07) is 6.72. The molecule has 2 fully saturated rings. The van der Waals surface area contributed by atoms with Crippen molar-refractivity contribution in [2.45, 2.75) is 50.5 Å². The lowest BCUT2D eigenvalue weighted by atomic mass is 10.0. The third kappa shape index (κ3) is 3.58. The predicted octanol–water partition coefficient (Wildman–Crippen LogP) is 3.59. The molecule has 2 aliphatic rings. The minimum absolute atomic E-state index is 0.0588. The number of rotatable bonds is 4. The molecule has 1 saturated carbocycles. The first-order valence-corrected chi connectivity index (χ1v) is 7.61. The van der Waals surface area contributed by atoms with Crippen molar-refractivity contribution in [1.29, 1.82) is 0 Å². The molecule has 1 aromatic rings. The molecular formula is C16H21F3N2. The SMILES string of the molecule is CC(NC1CCN(C2CC2)C1)c1cccc(C(F)(F)F)c1. The van der Waals surface area contributed by atoms with E-state index in [-0.39, 0.29) is 6.04 Å². The maximum Gasteiger partial charge on any atom is 0.416 e. The van der Waals surface area contributed by atoms with Crippen LogP contribution in [-0.4, -0.2) is 30.1 Å². The van der Waals surface area contributed by atoms with Gasteiger partial charge in [0.05, 0.1) is 5.56 Å². The van der Waals surface area contributed by atoms with Gasteiger partial charge in [0.25, 0.3) is 0 Å². The van der Waals surface area contributed by atoms with Gasteiger partial charge in [-0.1, -0.05) is 12.1 Å². The maximum absolute atomic E-state index is 12.8. The summed E-state index contributed by atoms with van der Waals surface area (Å²) >= 11 is 0. The number of halogens is 3. The highest BCUT2D eigenvalue weighted by Crippen LogP contribution is 2.32. The van der Waals surface area contributed by atoms with Gasteiger partial charge in [-0.2, -0.15) is 13.2 Å². The fraction of sp³-hybridized carbons (Fsp3) is 0.625. The summed E-state index contributed by atoms with van der Waals surface area (Å²) in [5.41, 5.74) is 0.134. The van der Waals surface area contributed by atoms with E-state index in [1.54, 1.807) is 6.07 Å². The van der Waals surface area contributed by atoms with Crippen LogP contribution in [0.5, 0.6) is 0 Å². The lowest BCUT2D eigenvalue weighted by Gasteiger charge is -2.21. The molecule has 2 nitrogen and oxygen atoms in total. The Morgan fingerprint density at radius 1 is 1.24 bits per heavy atom. The number of hydrogen-bond donors (Lipinski definition) is 1. The Morgan fingerprint density at radius 2 is 2.00 bits per heavy atom. The minimum Gasteiger partial charge on any atom is -0.306 e. The number of benzene rings is 1. The zero-order valence-corrected chi connectivity index (χ0v) is 12.2. The second kappa shape index (κ2) is 5.61. The first kappa shape index (κ1) is 14.9. The fourth-order valence-corrected chi connectivity index (χ4v) is 3.13. The Labute approximate surface area is 123 Å². The van der Waals surface area contributed by atoms with Crippen molar-refractivity contribution >= 4 is 0 Å². The van der Waals surface area contributed by atoms with Crippen molar-refractivity contribution in [1.82, 2.24) is 10.2 Å². The van der Waals surface area contributed by atoms with E-state index in [9.17, 15) is 13.2 Å². The first-order valence-electron chi connectivity index (χ1n) is 7.61. The topological polar surface area (TPSA) is 15.3 Å². The number of alkyl halides is 3.